The zero-order valence-corrected chi connectivity index (χ0v) is 12.7. The van der Waals surface area contributed by atoms with Gasteiger partial charge in [-0.1, -0.05) is 18.2 Å². The van der Waals surface area contributed by atoms with Crippen LogP contribution in [-0.2, 0) is 10.0 Å². The van der Waals surface area contributed by atoms with Crippen molar-refractivity contribution in [2.24, 2.45) is 0 Å². The van der Waals surface area contributed by atoms with E-state index in [1.165, 1.54) is 7.05 Å². The molecule has 118 valence electrons. The lowest BCUT2D eigenvalue weighted by atomic mass is 10.3. The van der Waals surface area contributed by atoms with Crippen molar-refractivity contribution in [3.63, 3.8) is 0 Å². The maximum atomic E-state index is 13.1. The largest absolute Gasteiger partial charge is 0.492 e. The van der Waals surface area contributed by atoms with Gasteiger partial charge in [-0.25, -0.2) is 17.2 Å². The Bertz CT molecular complexity index is 715. The summed E-state index contributed by atoms with van der Waals surface area (Å²) in [7, 11) is -2.64. The first-order valence-corrected chi connectivity index (χ1v) is 7.94. The van der Waals surface area contributed by atoms with Crippen molar-refractivity contribution in [1.82, 2.24) is 4.31 Å². The smallest absolute Gasteiger partial charge is 0.243 e. The number of likely N-dealkylation sites (N-methyl/N-ethyl adjacent to an activating group) is 1. The fourth-order valence-electron chi connectivity index (χ4n) is 1.79. The van der Waals surface area contributed by atoms with E-state index in [2.05, 4.69) is 0 Å². The molecule has 0 saturated heterocycles. The standard InChI is InChI=1S/C15H15F2NO3S/c1-18(7-8-21-14-5-3-2-4-6-14)22(19,20)15-10-12(16)9-13(17)11-15/h2-6,9-11H,7-8H2,1H3. The van der Waals surface area contributed by atoms with Crippen LogP contribution in [0.15, 0.2) is 53.4 Å². The summed E-state index contributed by atoms with van der Waals surface area (Å²) in [5.74, 6) is -1.26. The minimum atomic E-state index is -3.97. The molecule has 0 aliphatic carbocycles. The number of para-hydroxylation sites is 1. The number of sulfonamides is 1. The molecule has 0 heterocycles. The van der Waals surface area contributed by atoms with Crippen molar-refractivity contribution in [1.29, 1.82) is 0 Å². The second-order valence-corrected chi connectivity index (χ2v) is 6.64. The summed E-state index contributed by atoms with van der Waals surface area (Å²) in [5, 5.41) is 0. The third kappa shape index (κ3) is 4.02. The highest BCUT2D eigenvalue weighted by atomic mass is 32.2. The molecule has 7 heteroatoms. The van der Waals surface area contributed by atoms with Gasteiger partial charge in [-0.2, -0.15) is 4.31 Å². The number of benzene rings is 2. The van der Waals surface area contributed by atoms with Crippen LogP contribution in [-0.4, -0.2) is 32.9 Å². The highest BCUT2D eigenvalue weighted by molar-refractivity contribution is 7.89. The van der Waals surface area contributed by atoms with Crippen LogP contribution in [0.4, 0.5) is 8.78 Å². The molecule has 0 aliphatic rings. The zero-order valence-electron chi connectivity index (χ0n) is 11.9. The molecule has 0 N–H and O–H groups in total. The van der Waals surface area contributed by atoms with E-state index in [1.54, 1.807) is 24.3 Å². The Hall–Kier alpha value is -1.99. The van der Waals surface area contributed by atoms with Gasteiger partial charge in [0.1, 0.15) is 24.0 Å². The Morgan fingerprint density at radius 3 is 2.23 bits per heavy atom. The van der Waals surface area contributed by atoms with E-state index < -0.39 is 26.6 Å². The lowest BCUT2D eigenvalue weighted by molar-refractivity contribution is 0.287. The van der Waals surface area contributed by atoms with Gasteiger partial charge in [0.25, 0.3) is 0 Å². The molecule has 0 spiro atoms. The number of halogens is 2. The van der Waals surface area contributed by atoms with Crippen LogP contribution in [0.5, 0.6) is 5.75 Å². The fourth-order valence-corrected chi connectivity index (χ4v) is 2.98. The van der Waals surface area contributed by atoms with Gasteiger partial charge in [-0.3, -0.25) is 0 Å². The van der Waals surface area contributed by atoms with E-state index in [4.69, 9.17) is 4.74 Å². The average Bonchev–Trinajstić information content (AvgIpc) is 2.47. The summed E-state index contributed by atoms with van der Waals surface area (Å²) in [6.07, 6.45) is 0. The summed E-state index contributed by atoms with van der Waals surface area (Å²) >= 11 is 0. The van der Waals surface area contributed by atoms with Crippen LogP contribution in [0.25, 0.3) is 0 Å². The number of hydrogen-bond acceptors (Lipinski definition) is 3. The van der Waals surface area contributed by atoms with Crippen molar-refractivity contribution in [3.05, 3.63) is 60.2 Å². The fraction of sp³-hybridized carbons (Fsp3) is 0.200. The van der Waals surface area contributed by atoms with E-state index in [-0.39, 0.29) is 13.2 Å². The van der Waals surface area contributed by atoms with Gasteiger partial charge in [-0.15, -0.1) is 0 Å². The molecule has 2 aromatic rings. The van der Waals surface area contributed by atoms with E-state index in [1.807, 2.05) is 6.07 Å². The third-order valence-electron chi connectivity index (χ3n) is 2.96. The monoisotopic (exact) mass is 327 g/mol. The molecular weight excluding hydrogens is 312 g/mol. The lowest BCUT2D eigenvalue weighted by Gasteiger charge is -2.17. The van der Waals surface area contributed by atoms with Crippen molar-refractivity contribution < 1.29 is 21.9 Å². The maximum absolute atomic E-state index is 13.1. The first-order valence-electron chi connectivity index (χ1n) is 6.50. The van der Waals surface area contributed by atoms with Crippen LogP contribution in [0.2, 0.25) is 0 Å². The Morgan fingerprint density at radius 2 is 1.64 bits per heavy atom. The Morgan fingerprint density at radius 1 is 1.05 bits per heavy atom. The predicted octanol–water partition coefficient (Wildman–Crippen LogP) is 2.66. The minimum absolute atomic E-state index is 0.0510. The molecule has 0 bridgehead atoms. The Labute approximate surface area is 128 Å². The molecule has 0 saturated carbocycles. The predicted molar refractivity (Wildman–Crippen MR) is 78.1 cm³/mol. The summed E-state index contributed by atoms with van der Waals surface area (Å²) in [6.45, 7) is 0.174. The molecule has 4 nitrogen and oxygen atoms in total. The van der Waals surface area contributed by atoms with Crippen LogP contribution < -0.4 is 4.74 Å². The summed E-state index contributed by atoms with van der Waals surface area (Å²) in [6, 6.07) is 11.1. The van der Waals surface area contributed by atoms with Gasteiger partial charge >= 0.3 is 0 Å². The van der Waals surface area contributed by atoms with E-state index in [0.717, 1.165) is 16.4 Å². The topological polar surface area (TPSA) is 46.6 Å². The molecule has 2 rings (SSSR count). The van der Waals surface area contributed by atoms with Crippen molar-refractivity contribution in [3.8, 4) is 5.75 Å². The zero-order chi connectivity index (χ0) is 16.2. The molecule has 0 aromatic heterocycles. The second kappa shape index (κ2) is 6.85. The van der Waals surface area contributed by atoms with Crippen molar-refractivity contribution in [2.75, 3.05) is 20.2 Å². The average molecular weight is 327 g/mol. The Kier molecular flexibility index (Phi) is 5.10. The molecule has 0 aliphatic heterocycles. The third-order valence-corrected chi connectivity index (χ3v) is 4.80. The number of hydrogen-bond donors (Lipinski definition) is 0. The normalized spacial score (nSPS) is 11.6. The molecule has 0 radical (unpaired) electrons. The first-order chi connectivity index (χ1) is 10.4. The van der Waals surface area contributed by atoms with Crippen LogP contribution in [0.1, 0.15) is 0 Å². The van der Waals surface area contributed by atoms with E-state index in [0.29, 0.717) is 11.8 Å². The molecule has 0 amide bonds. The number of rotatable bonds is 6. The van der Waals surface area contributed by atoms with Crippen LogP contribution in [0.3, 0.4) is 0 Å². The highest BCUT2D eigenvalue weighted by Gasteiger charge is 2.22. The van der Waals surface area contributed by atoms with Gasteiger partial charge in [0.05, 0.1) is 4.90 Å². The SMILES string of the molecule is CN(CCOc1ccccc1)S(=O)(=O)c1cc(F)cc(F)c1. The molecule has 0 unspecified atom stereocenters. The van der Waals surface area contributed by atoms with Crippen LogP contribution in [0, 0.1) is 11.6 Å². The first kappa shape index (κ1) is 16.4. The van der Waals surface area contributed by atoms with Gasteiger partial charge in [0.2, 0.25) is 10.0 Å². The molecule has 2 aromatic carbocycles. The van der Waals surface area contributed by atoms with Gasteiger partial charge in [0.15, 0.2) is 0 Å². The highest BCUT2D eigenvalue weighted by Crippen LogP contribution is 2.17. The van der Waals surface area contributed by atoms with Crippen molar-refractivity contribution >= 4 is 10.0 Å². The molecule has 0 fully saturated rings. The maximum Gasteiger partial charge on any atom is 0.243 e. The molecule has 22 heavy (non-hydrogen) atoms. The van der Waals surface area contributed by atoms with E-state index in [9.17, 15) is 17.2 Å². The van der Waals surface area contributed by atoms with Crippen molar-refractivity contribution in [2.45, 2.75) is 4.90 Å². The quantitative estimate of drug-likeness (QED) is 0.819. The lowest BCUT2D eigenvalue weighted by Crippen LogP contribution is -2.31. The van der Waals surface area contributed by atoms with Gasteiger partial charge < -0.3 is 4.74 Å². The second-order valence-electron chi connectivity index (χ2n) is 4.59. The summed E-state index contributed by atoms with van der Waals surface area (Å²) in [4.78, 5) is -0.424. The number of ether oxygens (including phenoxy) is 1. The minimum Gasteiger partial charge on any atom is -0.492 e. The molecule has 0 atom stereocenters. The Balaban J connectivity index is 2.02. The van der Waals surface area contributed by atoms with Gasteiger partial charge in [-0.05, 0) is 24.3 Å². The van der Waals surface area contributed by atoms with E-state index >= 15 is 0 Å². The summed E-state index contributed by atoms with van der Waals surface area (Å²) < 4.78 is 57.1. The van der Waals surface area contributed by atoms with Crippen LogP contribution >= 0.6 is 0 Å². The summed E-state index contributed by atoms with van der Waals surface area (Å²) in [5.41, 5.74) is 0. The van der Waals surface area contributed by atoms with Gasteiger partial charge in [0, 0.05) is 19.7 Å². The number of nitrogens with zero attached hydrogens (tertiary/aromatic N) is 1. The molecular formula is C15H15F2NO3S.